The van der Waals surface area contributed by atoms with Crippen molar-refractivity contribution in [2.24, 2.45) is 0 Å². The first kappa shape index (κ1) is 21.0. The third-order valence-corrected chi connectivity index (χ3v) is 7.13. The molecule has 7 heteroatoms. The van der Waals surface area contributed by atoms with E-state index in [0.29, 0.717) is 18.0 Å². The summed E-state index contributed by atoms with van der Waals surface area (Å²) in [6.45, 7) is 0. The fraction of sp³-hybridized carbons (Fsp3) is 0.370. The summed E-state index contributed by atoms with van der Waals surface area (Å²) in [4.78, 5) is 9.37. The van der Waals surface area contributed by atoms with Gasteiger partial charge in [0.1, 0.15) is 5.82 Å². The largest absolute Gasteiger partial charge is 0.399 e. The molecule has 0 amide bonds. The molecule has 6 rings (SSSR count). The highest BCUT2D eigenvalue weighted by atomic mass is 15.3. The molecule has 0 unspecified atom stereocenters. The number of rotatable bonds is 6. The van der Waals surface area contributed by atoms with Crippen molar-refractivity contribution in [2.45, 2.75) is 63.5 Å². The fourth-order valence-electron chi connectivity index (χ4n) is 5.35. The fourth-order valence-corrected chi connectivity index (χ4v) is 5.35. The minimum absolute atomic E-state index is 0.471. The van der Waals surface area contributed by atoms with E-state index in [4.69, 9.17) is 15.8 Å². The number of nitrogen functional groups attached to an aromatic ring is 1. The van der Waals surface area contributed by atoms with Crippen molar-refractivity contribution in [1.82, 2.24) is 19.6 Å². The van der Waals surface area contributed by atoms with Crippen LogP contribution in [0.4, 0.5) is 17.5 Å². The van der Waals surface area contributed by atoms with Gasteiger partial charge in [-0.1, -0.05) is 37.8 Å². The van der Waals surface area contributed by atoms with Gasteiger partial charge in [0, 0.05) is 35.1 Å². The molecule has 0 aliphatic heterocycles. The smallest absolute Gasteiger partial charge is 0.223 e. The topological polar surface area (TPSA) is 93.2 Å². The van der Waals surface area contributed by atoms with E-state index < -0.39 is 0 Å². The van der Waals surface area contributed by atoms with Crippen LogP contribution in [0.2, 0.25) is 0 Å². The average Bonchev–Trinajstić information content (AvgIpc) is 3.62. The average molecular weight is 454 g/mol. The van der Waals surface area contributed by atoms with Gasteiger partial charge in [0.15, 0.2) is 0 Å². The van der Waals surface area contributed by atoms with E-state index in [-0.39, 0.29) is 0 Å². The minimum Gasteiger partial charge on any atom is -0.399 e. The molecule has 0 atom stereocenters. The van der Waals surface area contributed by atoms with Gasteiger partial charge in [-0.2, -0.15) is 5.10 Å². The first-order valence-electron chi connectivity index (χ1n) is 12.5. The second-order valence-corrected chi connectivity index (χ2v) is 9.60. The standard InChI is InChI=1S/C27H31N7/c28-19-7-5-6-18(16-19)24-17-25-22(12-13-26(34(25)33-24)30-20-8-1-2-9-20)23-14-15-29-27(32-23)31-21-10-3-4-11-21/h5-7,12-17,20-21,30H,1-4,8-11,28H2,(H,29,31,32). The van der Waals surface area contributed by atoms with Crippen LogP contribution in [0.15, 0.2) is 54.7 Å². The molecule has 0 spiro atoms. The van der Waals surface area contributed by atoms with Crippen LogP contribution in [-0.2, 0) is 0 Å². The number of benzene rings is 1. The molecule has 3 heterocycles. The Morgan fingerprint density at radius 3 is 2.35 bits per heavy atom. The predicted octanol–water partition coefficient (Wildman–Crippen LogP) is 5.75. The Hall–Kier alpha value is -3.61. The Morgan fingerprint density at radius 2 is 1.59 bits per heavy atom. The van der Waals surface area contributed by atoms with Crippen LogP contribution in [0.3, 0.4) is 0 Å². The summed E-state index contributed by atoms with van der Waals surface area (Å²) in [5, 5.41) is 12.3. The molecule has 0 saturated heterocycles. The van der Waals surface area contributed by atoms with E-state index >= 15 is 0 Å². The molecule has 7 nitrogen and oxygen atoms in total. The van der Waals surface area contributed by atoms with Crippen molar-refractivity contribution in [3.63, 3.8) is 0 Å². The Labute approximate surface area is 199 Å². The van der Waals surface area contributed by atoms with Crippen LogP contribution in [0.1, 0.15) is 51.4 Å². The zero-order valence-corrected chi connectivity index (χ0v) is 19.4. The molecule has 2 saturated carbocycles. The van der Waals surface area contributed by atoms with Crippen molar-refractivity contribution in [3.05, 3.63) is 54.7 Å². The molecule has 2 aliphatic carbocycles. The summed E-state index contributed by atoms with van der Waals surface area (Å²) in [6, 6.07) is 17.3. The zero-order chi connectivity index (χ0) is 22.9. The van der Waals surface area contributed by atoms with Crippen LogP contribution >= 0.6 is 0 Å². The lowest BCUT2D eigenvalue weighted by Gasteiger charge is -2.16. The third-order valence-electron chi connectivity index (χ3n) is 7.13. The van der Waals surface area contributed by atoms with Gasteiger partial charge in [0.05, 0.1) is 16.9 Å². The Balaban J connectivity index is 1.42. The van der Waals surface area contributed by atoms with Crippen molar-refractivity contribution in [2.75, 3.05) is 16.4 Å². The van der Waals surface area contributed by atoms with Crippen LogP contribution in [-0.4, -0.2) is 31.7 Å². The van der Waals surface area contributed by atoms with Gasteiger partial charge in [-0.25, -0.2) is 14.5 Å². The SMILES string of the molecule is Nc1cccc(-c2cc3c(-c4ccnc(NC5CCCC5)n4)ccc(NC4CCCC4)n3n2)c1. The molecular weight excluding hydrogens is 422 g/mol. The van der Waals surface area contributed by atoms with Crippen LogP contribution in [0, 0.1) is 0 Å². The van der Waals surface area contributed by atoms with Gasteiger partial charge in [-0.15, -0.1) is 0 Å². The van der Waals surface area contributed by atoms with E-state index in [2.05, 4.69) is 39.9 Å². The number of nitrogens with one attached hydrogen (secondary N) is 2. The number of nitrogens with two attached hydrogens (primary N) is 1. The number of anilines is 3. The van der Waals surface area contributed by atoms with Gasteiger partial charge in [-0.3, -0.25) is 0 Å². The highest BCUT2D eigenvalue weighted by Gasteiger charge is 2.20. The quantitative estimate of drug-likeness (QED) is 0.322. The predicted molar refractivity (Wildman–Crippen MR) is 138 cm³/mol. The molecule has 4 N–H and O–H groups in total. The Kier molecular flexibility index (Phi) is 5.53. The van der Waals surface area contributed by atoms with E-state index in [1.54, 1.807) is 0 Å². The van der Waals surface area contributed by atoms with Gasteiger partial charge < -0.3 is 16.4 Å². The number of fused-ring (bicyclic) bond motifs is 1. The molecular formula is C27H31N7. The molecule has 3 aromatic heterocycles. The molecule has 0 radical (unpaired) electrons. The number of hydrogen-bond acceptors (Lipinski definition) is 6. The Morgan fingerprint density at radius 1 is 0.824 bits per heavy atom. The van der Waals surface area contributed by atoms with Gasteiger partial charge in [0.25, 0.3) is 0 Å². The summed E-state index contributed by atoms with van der Waals surface area (Å²) >= 11 is 0. The number of pyridine rings is 1. The first-order chi connectivity index (χ1) is 16.7. The summed E-state index contributed by atoms with van der Waals surface area (Å²) in [5.41, 5.74) is 11.7. The van der Waals surface area contributed by atoms with Gasteiger partial charge in [-0.05, 0) is 62.1 Å². The summed E-state index contributed by atoms with van der Waals surface area (Å²) in [5.74, 6) is 1.71. The molecule has 2 aliphatic rings. The maximum Gasteiger partial charge on any atom is 0.223 e. The summed E-state index contributed by atoms with van der Waals surface area (Å²) < 4.78 is 2.03. The highest BCUT2D eigenvalue weighted by Crippen LogP contribution is 2.32. The lowest BCUT2D eigenvalue weighted by Crippen LogP contribution is -2.17. The van der Waals surface area contributed by atoms with Crippen LogP contribution < -0.4 is 16.4 Å². The summed E-state index contributed by atoms with van der Waals surface area (Å²) in [7, 11) is 0. The maximum absolute atomic E-state index is 6.06. The van der Waals surface area contributed by atoms with E-state index in [1.165, 1.54) is 51.4 Å². The van der Waals surface area contributed by atoms with Gasteiger partial charge in [0.2, 0.25) is 5.95 Å². The molecule has 34 heavy (non-hydrogen) atoms. The molecule has 0 bridgehead atoms. The monoisotopic (exact) mass is 453 g/mol. The number of hydrogen-bond donors (Lipinski definition) is 3. The second-order valence-electron chi connectivity index (χ2n) is 9.60. The summed E-state index contributed by atoms with van der Waals surface area (Å²) in [6.07, 6.45) is 11.7. The van der Waals surface area contributed by atoms with Crippen molar-refractivity contribution in [1.29, 1.82) is 0 Å². The molecule has 2 fully saturated rings. The highest BCUT2D eigenvalue weighted by molar-refractivity contribution is 5.83. The third kappa shape index (κ3) is 4.18. The molecule has 4 aromatic rings. The van der Waals surface area contributed by atoms with Crippen molar-refractivity contribution in [3.8, 4) is 22.5 Å². The minimum atomic E-state index is 0.471. The van der Waals surface area contributed by atoms with E-state index in [1.807, 2.05) is 35.0 Å². The van der Waals surface area contributed by atoms with E-state index in [9.17, 15) is 0 Å². The second kappa shape index (κ2) is 8.97. The lowest BCUT2D eigenvalue weighted by molar-refractivity contribution is 0.742. The normalized spacial score (nSPS) is 16.9. The number of aromatic nitrogens is 4. The molecule has 174 valence electrons. The van der Waals surface area contributed by atoms with Crippen molar-refractivity contribution < 1.29 is 0 Å². The van der Waals surface area contributed by atoms with Crippen LogP contribution in [0.25, 0.3) is 28.0 Å². The van der Waals surface area contributed by atoms with E-state index in [0.717, 1.165) is 39.5 Å². The number of nitrogens with zero attached hydrogens (tertiary/aromatic N) is 4. The van der Waals surface area contributed by atoms with Crippen molar-refractivity contribution >= 4 is 23.0 Å². The zero-order valence-electron chi connectivity index (χ0n) is 19.4. The molecule has 1 aromatic carbocycles. The van der Waals surface area contributed by atoms with Crippen LogP contribution in [0.5, 0.6) is 0 Å². The van der Waals surface area contributed by atoms with Gasteiger partial charge >= 0.3 is 0 Å². The maximum atomic E-state index is 6.06. The lowest BCUT2D eigenvalue weighted by atomic mass is 10.1. The first-order valence-corrected chi connectivity index (χ1v) is 12.5. The Bertz CT molecular complexity index is 1300.